The van der Waals surface area contributed by atoms with E-state index in [1.807, 2.05) is 19.1 Å². The van der Waals surface area contributed by atoms with Crippen LogP contribution in [0.1, 0.15) is 56.9 Å². The summed E-state index contributed by atoms with van der Waals surface area (Å²) >= 11 is 3.55. The minimum atomic E-state index is -0.982. The standard InChI is InChI=1S/C24H26BrNO6/c1-3-32-19-11-13(10-14(25)24(19)31-2)21-22-15(6-4-8-17(22)27)26(12-20(29)30)16-7-5-9-18(28)23(16)21/h10-11,21H,3-9,12H2,1-2H3,(H,29,30). The summed E-state index contributed by atoms with van der Waals surface area (Å²) in [6.07, 6.45) is 3.36. The average molecular weight is 504 g/mol. The fourth-order valence-electron chi connectivity index (χ4n) is 5.09. The van der Waals surface area contributed by atoms with Gasteiger partial charge in [0.05, 0.1) is 18.2 Å². The third-order valence-electron chi connectivity index (χ3n) is 6.25. The normalized spacial score (nSPS) is 19.2. The molecule has 0 amide bonds. The molecule has 0 aromatic heterocycles. The average Bonchev–Trinajstić information content (AvgIpc) is 2.74. The van der Waals surface area contributed by atoms with E-state index in [1.54, 1.807) is 12.0 Å². The first-order valence-electron chi connectivity index (χ1n) is 10.9. The van der Waals surface area contributed by atoms with Crippen molar-refractivity contribution in [1.29, 1.82) is 0 Å². The van der Waals surface area contributed by atoms with Gasteiger partial charge in [-0.3, -0.25) is 14.4 Å². The van der Waals surface area contributed by atoms with Crippen LogP contribution in [0.5, 0.6) is 11.5 Å². The molecule has 1 aromatic carbocycles. The SMILES string of the molecule is CCOc1cc(C2C3=C(CCCC3=O)N(CC(=O)O)C3=C2C(=O)CCC3)cc(Br)c1OC. The molecule has 7 nitrogen and oxygen atoms in total. The first-order valence-corrected chi connectivity index (χ1v) is 11.7. The highest BCUT2D eigenvalue weighted by atomic mass is 79.9. The molecule has 0 saturated carbocycles. The summed E-state index contributed by atoms with van der Waals surface area (Å²) in [6.45, 7) is 2.06. The maximum atomic E-state index is 13.2. The lowest BCUT2D eigenvalue weighted by Gasteiger charge is -2.43. The molecule has 0 saturated heterocycles. The Hall–Kier alpha value is -2.61. The molecule has 0 unspecified atom stereocenters. The topological polar surface area (TPSA) is 93.1 Å². The van der Waals surface area contributed by atoms with Crippen molar-refractivity contribution in [2.75, 3.05) is 20.3 Å². The highest BCUT2D eigenvalue weighted by Crippen LogP contribution is 2.51. The van der Waals surface area contributed by atoms with E-state index >= 15 is 0 Å². The number of ketones is 2. The maximum Gasteiger partial charge on any atom is 0.323 e. The van der Waals surface area contributed by atoms with Gasteiger partial charge in [-0.05, 0) is 66.2 Å². The van der Waals surface area contributed by atoms with E-state index < -0.39 is 11.9 Å². The third kappa shape index (κ3) is 3.85. The van der Waals surface area contributed by atoms with Crippen LogP contribution < -0.4 is 9.47 Å². The molecular weight excluding hydrogens is 478 g/mol. The van der Waals surface area contributed by atoms with E-state index in [2.05, 4.69) is 15.9 Å². The van der Waals surface area contributed by atoms with Gasteiger partial charge in [-0.15, -0.1) is 0 Å². The molecule has 0 bridgehead atoms. The second kappa shape index (κ2) is 9.10. The second-order valence-corrected chi connectivity index (χ2v) is 9.01. The Labute approximate surface area is 195 Å². The Morgan fingerprint density at radius 2 is 1.69 bits per heavy atom. The predicted octanol–water partition coefficient (Wildman–Crippen LogP) is 4.35. The Morgan fingerprint density at radius 3 is 2.19 bits per heavy atom. The summed E-state index contributed by atoms with van der Waals surface area (Å²) in [5.41, 5.74) is 3.35. The number of benzene rings is 1. The lowest BCUT2D eigenvalue weighted by Crippen LogP contribution is -2.41. The molecule has 1 heterocycles. The zero-order valence-corrected chi connectivity index (χ0v) is 19.8. The van der Waals surface area contributed by atoms with Crippen molar-refractivity contribution in [2.45, 2.75) is 51.4 Å². The number of aliphatic carboxylic acids is 1. The van der Waals surface area contributed by atoms with Crippen molar-refractivity contribution >= 4 is 33.5 Å². The van der Waals surface area contributed by atoms with Gasteiger partial charge in [-0.25, -0.2) is 0 Å². The largest absolute Gasteiger partial charge is 0.492 e. The number of nitrogens with zero attached hydrogens (tertiary/aromatic N) is 1. The summed E-state index contributed by atoms with van der Waals surface area (Å²) < 4.78 is 11.9. The van der Waals surface area contributed by atoms with E-state index in [0.29, 0.717) is 72.2 Å². The number of allylic oxidation sites excluding steroid dienone is 4. The van der Waals surface area contributed by atoms with Crippen molar-refractivity contribution < 1.29 is 29.0 Å². The number of ether oxygens (including phenoxy) is 2. The minimum Gasteiger partial charge on any atom is -0.492 e. The highest BCUT2D eigenvalue weighted by Gasteiger charge is 2.44. The molecule has 0 spiro atoms. The molecule has 1 aliphatic heterocycles. The molecule has 0 radical (unpaired) electrons. The lowest BCUT2D eigenvalue weighted by molar-refractivity contribution is -0.138. The number of carbonyl (C=O) groups is 3. The van der Waals surface area contributed by atoms with Gasteiger partial charge in [0.1, 0.15) is 6.54 Å². The molecule has 0 fully saturated rings. The van der Waals surface area contributed by atoms with Crippen LogP contribution in [0.3, 0.4) is 0 Å². The fourth-order valence-corrected chi connectivity index (χ4v) is 5.71. The quantitative estimate of drug-likeness (QED) is 0.616. The zero-order valence-electron chi connectivity index (χ0n) is 18.2. The van der Waals surface area contributed by atoms with Gasteiger partial charge < -0.3 is 19.5 Å². The van der Waals surface area contributed by atoms with Crippen LogP contribution in [-0.2, 0) is 14.4 Å². The maximum absolute atomic E-state index is 13.2. The molecule has 1 aromatic rings. The fraction of sp³-hybridized carbons (Fsp3) is 0.458. The molecule has 3 aliphatic rings. The van der Waals surface area contributed by atoms with Crippen molar-refractivity contribution in [3.05, 3.63) is 44.7 Å². The number of carboxylic acids is 1. The molecule has 32 heavy (non-hydrogen) atoms. The van der Waals surface area contributed by atoms with Crippen molar-refractivity contribution in [3.8, 4) is 11.5 Å². The van der Waals surface area contributed by atoms with Crippen LogP contribution in [0.15, 0.2) is 39.1 Å². The highest BCUT2D eigenvalue weighted by molar-refractivity contribution is 9.10. The number of hydrogen-bond acceptors (Lipinski definition) is 6. The van der Waals surface area contributed by atoms with E-state index in [9.17, 15) is 19.5 Å². The van der Waals surface area contributed by atoms with Crippen LogP contribution in [0.2, 0.25) is 0 Å². The van der Waals surface area contributed by atoms with E-state index in [1.165, 1.54) is 0 Å². The molecule has 0 atom stereocenters. The van der Waals surface area contributed by atoms with Gasteiger partial charge in [0.25, 0.3) is 0 Å². The zero-order chi connectivity index (χ0) is 23.0. The first-order chi connectivity index (χ1) is 15.4. The Morgan fingerprint density at radius 1 is 1.09 bits per heavy atom. The van der Waals surface area contributed by atoms with Gasteiger partial charge >= 0.3 is 5.97 Å². The third-order valence-corrected chi connectivity index (χ3v) is 6.84. The molecule has 170 valence electrons. The molecule has 4 rings (SSSR count). The van der Waals surface area contributed by atoms with Crippen molar-refractivity contribution in [3.63, 3.8) is 0 Å². The van der Waals surface area contributed by atoms with E-state index in [-0.39, 0.29) is 18.1 Å². The Balaban J connectivity index is 1.97. The Kier molecular flexibility index (Phi) is 6.42. The van der Waals surface area contributed by atoms with Crippen LogP contribution >= 0.6 is 15.9 Å². The number of hydrogen-bond donors (Lipinski definition) is 1. The van der Waals surface area contributed by atoms with Gasteiger partial charge in [0.15, 0.2) is 23.1 Å². The smallest absolute Gasteiger partial charge is 0.323 e. The number of carbonyl (C=O) groups excluding carboxylic acids is 2. The number of carboxylic acid groups (broad SMARTS) is 1. The lowest BCUT2D eigenvalue weighted by atomic mass is 9.71. The second-order valence-electron chi connectivity index (χ2n) is 8.15. The minimum absolute atomic E-state index is 0.0264. The summed E-state index contributed by atoms with van der Waals surface area (Å²) in [5, 5.41) is 9.56. The van der Waals surface area contributed by atoms with E-state index in [4.69, 9.17) is 9.47 Å². The van der Waals surface area contributed by atoms with E-state index in [0.717, 1.165) is 17.0 Å². The summed E-state index contributed by atoms with van der Waals surface area (Å²) in [4.78, 5) is 39.8. The molecule has 1 N–H and O–H groups in total. The monoisotopic (exact) mass is 503 g/mol. The number of Topliss-reactive ketones (excluding diaryl/α,β-unsaturated/α-hetero) is 2. The first kappa shape index (κ1) is 22.6. The number of methoxy groups -OCH3 is 1. The van der Waals surface area contributed by atoms with Crippen molar-refractivity contribution in [2.24, 2.45) is 0 Å². The molecule has 8 heteroatoms. The van der Waals surface area contributed by atoms with Gasteiger partial charge in [0, 0.05) is 41.3 Å². The number of halogens is 1. The van der Waals surface area contributed by atoms with Crippen molar-refractivity contribution in [1.82, 2.24) is 4.90 Å². The summed E-state index contributed by atoms with van der Waals surface area (Å²) in [5.74, 6) is -0.491. The predicted molar refractivity (Wildman–Crippen MR) is 121 cm³/mol. The Bertz CT molecular complexity index is 1010. The summed E-state index contributed by atoms with van der Waals surface area (Å²) in [6, 6.07) is 3.71. The molecule has 2 aliphatic carbocycles. The summed E-state index contributed by atoms with van der Waals surface area (Å²) in [7, 11) is 1.56. The van der Waals surface area contributed by atoms with Crippen LogP contribution in [0.4, 0.5) is 0 Å². The number of rotatable bonds is 6. The van der Waals surface area contributed by atoms with Crippen LogP contribution in [-0.4, -0.2) is 47.8 Å². The van der Waals surface area contributed by atoms with Gasteiger partial charge in [0.2, 0.25) is 0 Å². The van der Waals surface area contributed by atoms with Crippen LogP contribution in [0, 0.1) is 0 Å². The van der Waals surface area contributed by atoms with Crippen LogP contribution in [0.25, 0.3) is 0 Å². The molecular formula is C24H26BrNO6. The van der Waals surface area contributed by atoms with Gasteiger partial charge in [-0.1, -0.05) is 0 Å². The van der Waals surface area contributed by atoms with Gasteiger partial charge in [-0.2, -0.15) is 0 Å².